The van der Waals surface area contributed by atoms with E-state index in [-0.39, 0.29) is 11.8 Å². The van der Waals surface area contributed by atoms with E-state index in [0.29, 0.717) is 12.3 Å². The third kappa shape index (κ3) is 3.48. The fourth-order valence-corrected chi connectivity index (χ4v) is 4.36. The van der Waals surface area contributed by atoms with Gasteiger partial charge in [0.25, 0.3) is 0 Å². The molecule has 0 N–H and O–H groups in total. The van der Waals surface area contributed by atoms with Gasteiger partial charge in [-0.2, -0.15) is 0 Å². The molecule has 19 heavy (non-hydrogen) atoms. The van der Waals surface area contributed by atoms with Crippen molar-refractivity contribution >= 4 is 9.84 Å². The van der Waals surface area contributed by atoms with Gasteiger partial charge in [0.2, 0.25) is 0 Å². The molecule has 0 radical (unpaired) electrons. The minimum absolute atomic E-state index is 0.121. The number of benzene rings is 1. The number of hydrogen-bond donors (Lipinski definition) is 0. The Morgan fingerprint density at radius 3 is 2.74 bits per heavy atom. The molecule has 0 spiro atoms. The van der Waals surface area contributed by atoms with Gasteiger partial charge in [-0.3, -0.25) is 4.90 Å². The minimum Gasteiger partial charge on any atom is -0.496 e. The van der Waals surface area contributed by atoms with Crippen LogP contribution >= 0.6 is 0 Å². The van der Waals surface area contributed by atoms with Gasteiger partial charge in [-0.05, 0) is 26.5 Å². The van der Waals surface area contributed by atoms with Crippen LogP contribution in [0.3, 0.4) is 0 Å². The number of hydrogen-bond acceptors (Lipinski definition) is 4. The van der Waals surface area contributed by atoms with Gasteiger partial charge < -0.3 is 4.74 Å². The van der Waals surface area contributed by atoms with E-state index in [1.165, 1.54) is 5.56 Å². The van der Waals surface area contributed by atoms with Gasteiger partial charge in [0.05, 0.1) is 18.6 Å². The monoisotopic (exact) mass is 283 g/mol. The summed E-state index contributed by atoms with van der Waals surface area (Å²) in [7, 11) is 0.811. The Kier molecular flexibility index (Phi) is 4.16. The molecular weight excluding hydrogens is 262 g/mol. The number of ether oxygens (including phenoxy) is 1. The molecule has 0 saturated carbocycles. The van der Waals surface area contributed by atoms with Crippen molar-refractivity contribution in [1.29, 1.82) is 0 Å². The molecule has 106 valence electrons. The maximum absolute atomic E-state index is 11.5. The second-order valence-electron chi connectivity index (χ2n) is 5.29. The van der Waals surface area contributed by atoms with Crippen LogP contribution in [0.25, 0.3) is 0 Å². The van der Waals surface area contributed by atoms with Gasteiger partial charge in [0.15, 0.2) is 9.84 Å². The van der Waals surface area contributed by atoms with Gasteiger partial charge in [-0.1, -0.05) is 17.7 Å². The summed E-state index contributed by atoms with van der Waals surface area (Å²) in [6, 6.07) is 6.20. The number of nitrogens with zero attached hydrogens (tertiary/aromatic N) is 1. The normalized spacial score (nSPS) is 21.8. The molecule has 2 rings (SSSR count). The molecule has 5 heteroatoms. The SMILES string of the molecule is COc1ccc(C)cc1CN(C)[C@@H]1CCS(=O)(=O)C1. The van der Waals surface area contributed by atoms with E-state index in [1.54, 1.807) is 7.11 Å². The summed E-state index contributed by atoms with van der Waals surface area (Å²) in [5.74, 6) is 1.45. The first-order valence-electron chi connectivity index (χ1n) is 6.45. The minimum atomic E-state index is -2.83. The molecular formula is C14H21NO3S. The molecule has 0 aliphatic carbocycles. The van der Waals surface area contributed by atoms with Crippen molar-refractivity contribution in [2.24, 2.45) is 0 Å². The molecule has 0 aromatic heterocycles. The Bertz CT molecular complexity index is 554. The van der Waals surface area contributed by atoms with Gasteiger partial charge in [0.1, 0.15) is 5.75 Å². The Hall–Kier alpha value is -1.07. The Morgan fingerprint density at radius 1 is 1.42 bits per heavy atom. The zero-order valence-electron chi connectivity index (χ0n) is 11.7. The summed E-state index contributed by atoms with van der Waals surface area (Å²) in [5.41, 5.74) is 2.29. The third-order valence-electron chi connectivity index (χ3n) is 3.69. The lowest BCUT2D eigenvalue weighted by atomic mass is 10.1. The lowest BCUT2D eigenvalue weighted by molar-refractivity contribution is 0.250. The molecule has 1 aliphatic rings. The standard InChI is InChI=1S/C14H21NO3S/c1-11-4-5-14(18-3)12(8-11)9-15(2)13-6-7-19(16,17)10-13/h4-5,8,13H,6-7,9-10H2,1-3H3/t13-/m1/s1. The van der Waals surface area contributed by atoms with Gasteiger partial charge in [-0.25, -0.2) is 8.42 Å². The molecule has 1 atom stereocenters. The summed E-state index contributed by atoms with van der Waals surface area (Å²) in [5, 5.41) is 0. The van der Waals surface area contributed by atoms with Crippen LogP contribution in [0.1, 0.15) is 17.5 Å². The number of rotatable bonds is 4. The quantitative estimate of drug-likeness (QED) is 0.842. The maximum atomic E-state index is 11.5. The lowest BCUT2D eigenvalue weighted by Crippen LogP contribution is -2.32. The molecule has 1 heterocycles. The van der Waals surface area contributed by atoms with Crippen molar-refractivity contribution in [3.8, 4) is 5.75 Å². The van der Waals surface area contributed by atoms with Crippen LogP contribution in [-0.4, -0.2) is 45.0 Å². The molecule has 0 unspecified atom stereocenters. The highest BCUT2D eigenvalue weighted by atomic mass is 32.2. The van der Waals surface area contributed by atoms with Gasteiger partial charge in [0, 0.05) is 18.2 Å². The zero-order chi connectivity index (χ0) is 14.0. The van der Waals surface area contributed by atoms with Crippen LogP contribution < -0.4 is 4.74 Å². The van der Waals surface area contributed by atoms with Crippen LogP contribution in [0.15, 0.2) is 18.2 Å². The van der Waals surface area contributed by atoms with Crippen LogP contribution in [0.2, 0.25) is 0 Å². The van der Waals surface area contributed by atoms with Crippen molar-refractivity contribution in [1.82, 2.24) is 4.90 Å². The van der Waals surface area contributed by atoms with Crippen molar-refractivity contribution in [2.45, 2.75) is 25.9 Å². The van der Waals surface area contributed by atoms with Crippen LogP contribution in [0, 0.1) is 6.92 Å². The van der Waals surface area contributed by atoms with E-state index < -0.39 is 9.84 Å². The summed E-state index contributed by atoms with van der Waals surface area (Å²) in [4.78, 5) is 2.11. The predicted molar refractivity (Wildman–Crippen MR) is 76.3 cm³/mol. The average Bonchev–Trinajstić information content (AvgIpc) is 2.70. The molecule has 1 aliphatic heterocycles. The topological polar surface area (TPSA) is 46.6 Å². The van der Waals surface area contributed by atoms with Gasteiger partial charge >= 0.3 is 0 Å². The number of sulfone groups is 1. The lowest BCUT2D eigenvalue weighted by Gasteiger charge is -2.24. The highest BCUT2D eigenvalue weighted by Gasteiger charge is 2.30. The van der Waals surface area contributed by atoms with Crippen LogP contribution in [0.4, 0.5) is 0 Å². The smallest absolute Gasteiger partial charge is 0.151 e. The molecule has 4 nitrogen and oxygen atoms in total. The van der Waals surface area contributed by atoms with E-state index in [0.717, 1.165) is 17.7 Å². The van der Waals surface area contributed by atoms with E-state index in [2.05, 4.69) is 11.0 Å². The molecule has 0 bridgehead atoms. The fraction of sp³-hybridized carbons (Fsp3) is 0.571. The summed E-state index contributed by atoms with van der Waals surface area (Å²) in [6.07, 6.45) is 0.729. The summed E-state index contributed by atoms with van der Waals surface area (Å²) < 4.78 is 28.4. The van der Waals surface area contributed by atoms with E-state index in [9.17, 15) is 8.42 Å². The summed E-state index contributed by atoms with van der Waals surface area (Å²) >= 11 is 0. The zero-order valence-corrected chi connectivity index (χ0v) is 12.5. The number of aryl methyl sites for hydroxylation is 1. The first kappa shape index (κ1) is 14.3. The second kappa shape index (κ2) is 5.51. The molecule has 0 amide bonds. The van der Waals surface area contributed by atoms with Crippen molar-refractivity contribution in [3.05, 3.63) is 29.3 Å². The number of methoxy groups -OCH3 is 1. The molecule has 1 saturated heterocycles. The molecule has 1 fully saturated rings. The third-order valence-corrected chi connectivity index (χ3v) is 5.44. The Morgan fingerprint density at radius 2 is 2.16 bits per heavy atom. The van der Waals surface area contributed by atoms with E-state index in [1.807, 2.05) is 26.1 Å². The second-order valence-corrected chi connectivity index (χ2v) is 7.52. The molecule has 1 aromatic rings. The average molecular weight is 283 g/mol. The highest BCUT2D eigenvalue weighted by Crippen LogP contribution is 2.24. The van der Waals surface area contributed by atoms with Crippen LogP contribution in [-0.2, 0) is 16.4 Å². The predicted octanol–water partition coefficient (Wildman–Crippen LogP) is 1.62. The Balaban J connectivity index is 2.11. The van der Waals surface area contributed by atoms with Crippen molar-refractivity contribution < 1.29 is 13.2 Å². The van der Waals surface area contributed by atoms with Crippen molar-refractivity contribution in [3.63, 3.8) is 0 Å². The van der Waals surface area contributed by atoms with E-state index >= 15 is 0 Å². The maximum Gasteiger partial charge on any atom is 0.151 e. The molecule has 1 aromatic carbocycles. The summed E-state index contributed by atoms with van der Waals surface area (Å²) in [6.45, 7) is 2.76. The Labute approximate surface area is 115 Å². The van der Waals surface area contributed by atoms with E-state index in [4.69, 9.17) is 4.74 Å². The van der Waals surface area contributed by atoms with Crippen molar-refractivity contribution in [2.75, 3.05) is 25.7 Å². The first-order valence-corrected chi connectivity index (χ1v) is 8.27. The van der Waals surface area contributed by atoms with Crippen LogP contribution in [0.5, 0.6) is 5.75 Å². The fourth-order valence-electron chi connectivity index (χ4n) is 2.55. The highest BCUT2D eigenvalue weighted by molar-refractivity contribution is 7.91. The first-order chi connectivity index (χ1) is 8.91. The largest absolute Gasteiger partial charge is 0.496 e. The van der Waals surface area contributed by atoms with Gasteiger partial charge in [-0.15, -0.1) is 0 Å².